The van der Waals surface area contributed by atoms with Crippen LogP contribution in [-0.2, 0) is 10.8 Å². The molecule has 0 aromatic carbocycles. The average molecular weight is 284 g/mol. The summed E-state index contributed by atoms with van der Waals surface area (Å²) in [7, 11) is -0.842. The summed E-state index contributed by atoms with van der Waals surface area (Å²) in [5, 5.41) is 9.03. The molecule has 1 aromatic heterocycles. The van der Waals surface area contributed by atoms with Crippen molar-refractivity contribution in [1.29, 1.82) is 0 Å². The minimum Gasteiger partial charge on any atom is -0.477 e. The van der Waals surface area contributed by atoms with Gasteiger partial charge in [0.15, 0.2) is 0 Å². The molecule has 1 amide bonds. The van der Waals surface area contributed by atoms with Crippen molar-refractivity contribution in [2.75, 3.05) is 24.6 Å². The van der Waals surface area contributed by atoms with E-state index in [0.717, 1.165) is 0 Å². The van der Waals surface area contributed by atoms with Crippen LogP contribution in [0.15, 0.2) is 0 Å². The van der Waals surface area contributed by atoms with Gasteiger partial charge in [0, 0.05) is 41.1 Å². The minimum absolute atomic E-state index is 0.0569. The summed E-state index contributed by atoms with van der Waals surface area (Å²) in [6.45, 7) is 4.23. The topological polar surface area (TPSA) is 90.5 Å². The highest BCUT2D eigenvalue weighted by Gasteiger charge is 2.27. The van der Waals surface area contributed by atoms with Crippen LogP contribution in [0.5, 0.6) is 0 Å². The number of aryl methyl sites for hydroxylation is 1. The normalized spacial score (nSPS) is 16.6. The van der Waals surface area contributed by atoms with Gasteiger partial charge in [-0.05, 0) is 19.4 Å². The Bertz CT molecular complexity index is 554. The molecule has 0 saturated carbocycles. The molecule has 1 aliphatic rings. The molecule has 0 bridgehead atoms. The molecule has 19 heavy (non-hydrogen) atoms. The monoisotopic (exact) mass is 284 g/mol. The Hall–Kier alpha value is -1.63. The summed E-state index contributed by atoms with van der Waals surface area (Å²) in [6, 6.07) is 0. The largest absolute Gasteiger partial charge is 0.477 e. The number of hydrogen-bond donors (Lipinski definition) is 2. The number of aromatic amines is 1. The molecule has 6 nitrogen and oxygen atoms in total. The van der Waals surface area contributed by atoms with E-state index in [9.17, 15) is 13.8 Å². The Labute approximate surface area is 113 Å². The maximum atomic E-state index is 12.4. The van der Waals surface area contributed by atoms with Crippen LogP contribution in [0.4, 0.5) is 0 Å². The lowest BCUT2D eigenvalue weighted by atomic mass is 10.1. The van der Waals surface area contributed by atoms with Crippen molar-refractivity contribution in [1.82, 2.24) is 9.88 Å². The van der Waals surface area contributed by atoms with Gasteiger partial charge < -0.3 is 15.0 Å². The van der Waals surface area contributed by atoms with E-state index in [0.29, 0.717) is 41.4 Å². The van der Waals surface area contributed by atoms with Crippen LogP contribution in [-0.4, -0.2) is 55.7 Å². The number of amides is 1. The fourth-order valence-corrected chi connectivity index (χ4v) is 3.34. The Morgan fingerprint density at radius 3 is 2.32 bits per heavy atom. The third kappa shape index (κ3) is 2.56. The van der Waals surface area contributed by atoms with Gasteiger partial charge in [-0.15, -0.1) is 0 Å². The molecule has 1 aromatic rings. The van der Waals surface area contributed by atoms with Gasteiger partial charge in [0.05, 0.1) is 5.56 Å². The smallest absolute Gasteiger partial charge is 0.352 e. The van der Waals surface area contributed by atoms with Gasteiger partial charge in [0.1, 0.15) is 5.69 Å². The van der Waals surface area contributed by atoms with Crippen molar-refractivity contribution in [2.45, 2.75) is 13.8 Å². The first-order valence-corrected chi connectivity index (χ1v) is 7.47. The standard InChI is InChI=1S/C12H16N2O4S/c1-7-9(8(2)13-10(7)12(16)17)11(15)14-3-5-19(18)6-4-14/h13H,3-6H2,1-2H3,(H,16,17). The van der Waals surface area contributed by atoms with Crippen LogP contribution >= 0.6 is 0 Å². The minimum atomic E-state index is -1.07. The summed E-state index contributed by atoms with van der Waals surface area (Å²) in [4.78, 5) is 27.8. The molecule has 7 heteroatoms. The van der Waals surface area contributed by atoms with Crippen LogP contribution in [0.2, 0.25) is 0 Å². The van der Waals surface area contributed by atoms with Gasteiger partial charge in [-0.25, -0.2) is 4.79 Å². The number of H-pyrrole nitrogens is 1. The van der Waals surface area contributed by atoms with E-state index in [4.69, 9.17) is 5.11 Å². The van der Waals surface area contributed by atoms with E-state index >= 15 is 0 Å². The second kappa shape index (κ2) is 5.16. The lowest BCUT2D eigenvalue weighted by Crippen LogP contribution is -2.42. The third-order valence-corrected chi connectivity index (χ3v) is 4.61. The lowest BCUT2D eigenvalue weighted by Gasteiger charge is -2.26. The van der Waals surface area contributed by atoms with Crippen LogP contribution in [0.25, 0.3) is 0 Å². The molecule has 104 valence electrons. The van der Waals surface area contributed by atoms with Crippen LogP contribution < -0.4 is 0 Å². The molecular weight excluding hydrogens is 268 g/mol. The van der Waals surface area contributed by atoms with Gasteiger partial charge in [-0.2, -0.15) is 0 Å². The van der Waals surface area contributed by atoms with Crippen molar-refractivity contribution in [2.24, 2.45) is 0 Å². The van der Waals surface area contributed by atoms with E-state index in [1.165, 1.54) is 0 Å². The Morgan fingerprint density at radius 1 is 1.26 bits per heavy atom. The number of nitrogens with one attached hydrogen (secondary N) is 1. The fourth-order valence-electron chi connectivity index (χ4n) is 2.28. The zero-order chi connectivity index (χ0) is 14.2. The number of carboxylic acid groups (broad SMARTS) is 1. The molecule has 2 N–H and O–H groups in total. The second-order valence-electron chi connectivity index (χ2n) is 4.57. The van der Waals surface area contributed by atoms with Crippen LogP contribution in [0, 0.1) is 13.8 Å². The zero-order valence-electron chi connectivity index (χ0n) is 10.9. The molecule has 0 aliphatic carbocycles. The molecule has 1 saturated heterocycles. The van der Waals surface area contributed by atoms with E-state index in [1.54, 1.807) is 18.7 Å². The van der Waals surface area contributed by atoms with E-state index in [1.807, 2.05) is 0 Å². The Balaban J connectivity index is 2.29. The molecule has 1 fully saturated rings. The number of hydrogen-bond acceptors (Lipinski definition) is 3. The Morgan fingerprint density at radius 2 is 1.84 bits per heavy atom. The quantitative estimate of drug-likeness (QED) is 0.829. The van der Waals surface area contributed by atoms with Crippen molar-refractivity contribution in [3.05, 3.63) is 22.5 Å². The highest BCUT2D eigenvalue weighted by molar-refractivity contribution is 7.85. The highest BCUT2D eigenvalue weighted by atomic mass is 32.2. The summed E-state index contributed by atoms with van der Waals surface area (Å²) in [6.07, 6.45) is 0. The first-order valence-electron chi connectivity index (χ1n) is 5.98. The van der Waals surface area contributed by atoms with Crippen LogP contribution in [0.3, 0.4) is 0 Å². The maximum Gasteiger partial charge on any atom is 0.352 e. The van der Waals surface area contributed by atoms with Gasteiger partial charge in [-0.1, -0.05) is 0 Å². The number of aromatic carboxylic acids is 1. The number of rotatable bonds is 2. The third-order valence-electron chi connectivity index (χ3n) is 3.33. The maximum absolute atomic E-state index is 12.4. The van der Waals surface area contributed by atoms with Gasteiger partial charge in [0.2, 0.25) is 0 Å². The van der Waals surface area contributed by atoms with E-state index in [-0.39, 0.29) is 11.6 Å². The van der Waals surface area contributed by atoms with Crippen LogP contribution in [0.1, 0.15) is 32.1 Å². The summed E-state index contributed by atoms with van der Waals surface area (Å²) >= 11 is 0. The fraction of sp³-hybridized carbons (Fsp3) is 0.500. The number of carbonyl (C=O) groups excluding carboxylic acids is 1. The van der Waals surface area contributed by atoms with Crippen molar-refractivity contribution in [3.8, 4) is 0 Å². The van der Waals surface area contributed by atoms with Crippen molar-refractivity contribution in [3.63, 3.8) is 0 Å². The molecule has 0 atom stereocenters. The summed E-state index contributed by atoms with van der Waals surface area (Å²) in [5.74, 6) is -0.282. The zero-order valence-corrected chi connectivity index (χ0v) is 11.7. The molecule has 0 spiro atoms. The second-order valence-corrected chi connectivity index (χ2v) is 6.27. The van der Waals surface area contributed by atoms with Gasteiger partial charge >= 0.3 is 5.97 Å². The van der Waals surface area contributed by atoms with E-state index < -0.39 is 16.8 Å². The predicted molar refractivity (Wildman–Crippen MR) is 71.0 cm³/mol. The summed E-state index contributed by atoms with van der Waals surface area (Å²) in [5.41, 5.74) is 1.50. The molecule has 0 radical (unpaired) electrons. The SMILES string of the molecule is Cc1[nH]c(C(=O)O)c(C)c1C(=O)N1CCS(=O)CC1. The number of aromatic nitrogens is 1. The summed E-state index contributed by atoms with van der Waals surface area (Å²) < 4.78 is 11.3. The molecule has 2 rings (SSSR count). The highest BCUT2D eigenvalue weighted by Crippen LogP contribution is 2.20. The van der Waals surface area contributed by atoms with Crippen molar-refractivity contribution >= 4 is 22.7 Å². The molecule has 0 unspecified atom stereocenters. The molecule has 1 aliphatic heterocycles. The molecular formula is C12H16N2O4S. The Kier molecular flexibility index (Phi) is 3.75. The van der Waals surface area contributed by atoms with E-state index in [2.05, 4.69) is 4.98 Å². The first-order chi connectivity index (χ1) is 8.91. The molecule has 2 heterocycles. The lowest BCUT2D eigenvalue weighted by molar-refractivity contribution is 0.0690. The van der Waals surface area contributed by atoms with Gasteiger partial charge in [0.25, 0.3) is 5.91 Å². The predicted octanol–water partition coefficient (Wildman–Crippen LogP) is 0.534. The first kappa shape index (κ1) is 13.8. The van der Waals surface area contributed by atoms with Crippen molar-refractivity contribution < 1.29 is 18.9 Å². The average Bonchev–Trinajstić information content (AvgIpc) is 2.65. The number of carboxylic acids is 1. The number of nitrogens with zero attached hydrogens (tertiary/aromatic N) is 1. The van der Waals surface area contributed by atoms with Gasteiger partial charge in [-0.3, -0.25) is 9.00 Å². The number of carbonyl (C=O) groups is 2.